The Morgan fingerprint density at radius 2 is 1.96 bits per heavy atom. The van der Waals surface area contributed by atoms with Crippen LogP contribution in [0.3, 0.4) is 0 Å². The number of aromatic nitrogens is 2. The van der Waals surface area contributed by atoms with Gasteiger partial charge in [-0.25, -0.2) is 9.97 Å². The monoisotopic (exact) mass is 388 g/mol. The Labute approximate surface area is 162 Å². The lowest BCUT2D eigenvalue weighted by molar-refractivity contribution is 0.0923. The van der Waals surface area contributed by atoms with Crippen molar-refractivity contribution < 1.29 is 4.79 Å². The van der Waals surface area contributed by atoms with Crippen LogP contribution in [0.5, 0.6) is 0 Å². The van der Waals surface area contributed by atoms with Gasteiger partial charge in [0.05, 0.1) is 0 Å². The normalized spacial score (nSPS) is 18.7. The first-order chi connectivity index (χ1) is 12.8. The number of carbonyl (C=O) groups excluding carboxylic acids is 1. The minimum atomic E-state index is -0.0465. The number of rotatable bonds is 4. The quantitative estimate of drug-likeness (QED) is 0.863. The van der Waals surface area contributed by atoms with Gasteiger partial charge in [-0.15, -0.1) is 11.3 Å². The second kappa shape index (κ2) is 8.39. The molecule has 1 amide bonds. The number of thioether (sulfide) groups is 1. The van der Waals surface area contributed by atoms with E-state index in [2.05, 4.69) is 32.3 Å². The number of thiazole rings is 1. The molecule has 138 valence electrons. The predicted octanol–water partition coefficient (Wildman–Crippen LogP) is 3.82. The van der Waals surface area contributed by atoms with Crippen LogP contribution in [-0.2, 0) is 0 Å². The average molecular weight is 389 g/mol. The summed E-state index contributed by atoms with van der Waals surface area (Å²) in [6, 6.07) is 4.44. The molecule has 1 N–H and O–H groups in total. The summed E-state index contributed by atoms with van der Waals surface area (Å²) in [6.45, 7) is 2.11. The molecule has 2 fully saturated rings. The van der Waals surface area contributed by atoms with E-state index in [-0.39, 0.29) is 5.91 Å². The Hall–Kier alpha value is -1.60. The fraction of sp³-hybridized carbons (Fsp3) is 0.526. The van der Waals surface area contributed by atoms with Crippen LogP contribution in [0, 0.1) is 0 Å². The summed E-state index contributed by atoms with van der Waals surface area (Å²) in [5.74, 6) is 3.31. The topological polar surface area (TPSA) is 58.1 Å². The maximum absolute atomic E-state index is 12.4. The Bertz CT molecular complexity index is 734. The molecule has 7 heteroatoms. The first kappa shape index (κ1) is 17.8. The third-order valence-corrected chi connectivity index (χ3v) is 6.84. The molecule has 0 radical (unpaired) electrons. The van der Waals surface area contributed by atoms with E-state index in [0.29, 0.717) is 11.7 Å². The number of hydrogen-bond donors (Lipinski definition) is 1. The molecule has 4 rings (SSSR count). The van der Waals surface area contributed by atoms with Gasteiger partial charge < -0.3 is 10.2 Å². The van der Waals surface area contributed by atoms with E-state index in [9.17, 15) is 4.79 Å². The van der Waals surface area contributed by atoms with Gasteiger partial charge in [-0.3, -0.25) is 4.79 Å². The molecule has 1 aliphatic carbocycles. The molecule has 2 aromatic heterocycles. The van der Waals surface area contributed by atoms with E-state index >= 15 is 0 Å². The number of hydrogen-bond acceptors (Lipinski definition) is 6. The number of pyridine rings is 1. The van der Waals surface area contributed by atoms with Gasteiger partial charge in [-0.1, -0.05) is 19.3 Å². The zero-order valence-corrected chi connectivity index (χ0v) is 16.5. The largest absolute Gasteiger partial charge is 0.355 e. The molecule has 3 heterocycles. The van der Waals surface area contributed by atoms with Crippen LogP contribution < -0.4 is 10.2 Å². The van der Waals surface area contributed by atoms with Gasteiger partial charge in [0.1, 0.15) is 16.5 Å². The SMILES string of the molecule is O=C(NC1CCCCC1)c1csc(-c2ccc(N3CCSCC3)nc2)n1. The third-order valence-electron chi connectivity index (χ3n) is 5.01. The smallest absolute Gasteiger partial charge is 0.270 e. The summed E-state index contributed by atoms with van der Waals surface area (Å²) in [5.41, 5.74) is 1.49. The number of anilines is 1. The van der Waals surface area contributed by atoms with E-state index in [0.717, 1.165) is 53.8 Å². The number of amides is 1. The van der Waals surface area contributed by atoms with Crippen molar-refractivity contribution in [2.24, 2.45) is 0 Å². The molecule has 0 unspecified atom stereocenters. The van der Waals surface area contributed by atoms with Crippen LogP contribution in [0.2, 0.25) is 0 Å². The summed E-state index contributed by atoms with van der Waals surface area (Å²) in [4.78, 5) is 23.9. The van der Waals surface area contributed by atoms with Crippen molar-refractivity contribution in [1.29, 1.82) is 0 Å². The standard InChI is InChI=1S/C19H24N4OS2/c24-18(21-15-4-2-1-3-5-15)16-13-26-19(22-16)14-6-7-17(20-12-14)23-8-10-25-11-9-23/h6-7,12-13,15H,1-5,8-11H2,(H,21,24). The minimum Gasteiger partial charge on any atom is -0.355 e. The zero-order chi connectivity index (χ0) is 17.8. The van der Waals surface area contributed by atoms with E-state index < -0.39 is 0 Å². The highest BCUT2D eigenvalue weighted by Crippen LogP contribution is 2.26. The second-order valence-corrected chi connectivity index (χ2v) is 8.93. The van der Waals surface area contributed by atoms with Crippen molar-refractivity contribution in [3.63, 3.8) is 0 Å². The summed E-state index contributed by atoms with van der Waals surface area (Å²) < 4.78 is 0. The molecule has 1 saturated heterocycles. The van der Waals surface area contributed by atoms with Crippen LogP contribution in [0.25, 0.3) is 10.6 Å². The van der Waals surface area contributed by atoms with Gasteiger partial charge in [0.25, 0.3) is 5.91 Å². The summed E-state index contributed by atoms with van der Waals surface area (Å²) in [5, 5.41) is 5.84. The molecule has 26 heavy (non-hydrogen) atoms. The van der Waals surface area contributed by atoms with Crippen LogP contribution in [0.15, 0.2) is 23.7 Å². The van der Waals surface area contributed by atoms with E-state index in [1.54, 1.807) is 0 Å². The Balaban J connectivity index is 1.41. The molecule has 0 atom stereocenters. The highest BCUT2D eigenvalue weighted by Gasteiger charge is 2.19. The van der Waals surface area contributed by atoms with Crippen molar-refractivity contribution in [2.45, 2.75) is 38.1 Å². The summed E-state index contributed by atoms with van der Waals surface area (Å²) >= 11 is 3.50. The maximum atomic E-state index is 12.4. The lowest BCUT2D eigenvalue weighted by atomic mass is 9.95. The maximum Gasteiger partial charge on any atom is 0.270 e. The molecule has 1 saturated carbocycles. The fourth-order valence-electron chi connectivity index (χ4n) is 3.51. The first-order valence-electron chi connectivity index (χ1n) is 9.35. The van der Waals surface area contributed by atoms with Crippen molar-refractivity contribution in [3.8, 4) is 10.6 Å². The minimum absolute atomic E-state index is 0.0465. The van der Waals surface area contributed by atoms with E-state index in [1.165, 1.54) is 30.6 Å². The molecule has 0 aromatic carbocycles. The second-order valence-electron chi connectivity index (χ2n) is 6.85. The van der Waals surface area contributed by atoms with Gasteiger partial charge in [0, 0.05) is 47.8 Å². The van der Waals surface area contributed by atoms with Crippen molar-refractivity contribution in [2.75, 3.05) is 29.5 Å². The van der Waals surface area contributed by atoms with Crippen molar-refractivity contribution in [1.82, 2.24) is 15.3 Å². The van der Waals surface area contributed by atoms with Crippen LogP contribution in [0.4, 0.5) is 5.82 Å². The highest BCUT2D eigenvalue weighted by molar-refractivity contribution is 7.99. The van der Waals surface area contributed by atoms with Gasteiger partial charge in [0.15, 0.2) is 0 Å². The van der Waals surface area contributed by atoms with E-state index in [4.69, 9.17) is 0 Å². The van der Waals surface area contributed by atoms with E-state index in [1.807, 2.05) is 23.3 Å². The van der Waals surface area contributed by atoms with Crippen LogP contribution >= 0.6 is 23.1 Å². The van der Waals surface area contributed by atoms with Gasteiger partial charge >= 0.3 is 0 Å². The zero-order valence-electron chi connectivity index (χ0n) is 14.8. The Morgan fingerprint density at radius 1 is 1.15 bits per heavy atom. The number of nitrogens with one attached hydrogen (secondary N) is 1. The lowest BCUT2D eigenvalue weighted by Crippen LogP contribution is -2.36. The summed E-state index contributed by atoms with van der Waals surface area (Å²) in [7, 11) is 0. The fourth-order valence-corrected chi connectivity index (χ4v) is 5.20. The van der Waals surface area contributed by atoms with Gasteiger partial charge in [-0.05, 0) is 25.0 Å². The molecule has 2 aliphatic rings. The molecule has 0 bridgehead atoms. The predicted molar refractivity (Wildman–Crippen MR) is 109 cm³/mol. The molecule has 1 aliphatic heterocycles. The van der Waals surface area contributed by atoms with Crippen LogP contribution in [-0.4, -0.2) is 46.5 Å². The highest BCUT2D eigenvalue weighted by atomic mass is 32.2. The molecular formula is C19H24N4OS2. The number of carbonyl (C=O) groups is 1. The Kier molecular flexibility index (Phi) is 5.75. The Morgan fingerprint density at radius 3 is 2.69 bits per heavy atom. The molecule has 5 nitrogen and oxygen atoms in total. The lowest BCUT2D eigenvalue weighted by Gasteiger charge is -2.27. The van der Waals surface area contributed by atoms with Gasteiger partial charge in [-0.2, -0.15) is 11.8 Å². The molecule has 2 aromatic rings. The van der Waals surface area contributed by atoms with Gasteiger partial charge in [0.2, 0.25) is 0 Å². The summed E-state index contributed by atoms with van der Waals surface area (Å²) in [6.07, 6.45) is 7.75. The third kappa shape index (κ3) is 4.20. The number of nitrogens with zero attached hydrogens (tertiary/aromatic N) is 3. The van der Waals surface area contributed by atoms with Crippen molar-refractivity contribution in [3.05, 3.63) is 29.4 Å². The molecule has 0 spiro atoms. The van der Waals surface area contributed by atoms with Crippen molar-refractivity contribution >= 4 is 34.8 Å². The average Bonchev–Trinajstić information content (AvgIpc) is 3.20. The first-order valence-corrected chi connectivity index (χ1v) is 11.4. The van der Waals surface area contributed by atoms with Crippen LogP contribution in [0.1, 0.15) is 42.6 Å². The molecular weight excluding hydrogens is 364 g/mol.